The Morgan fingerprint density at radius 1 is 1.18 bits per heavy atom. The average molecular weight is 296 g/mol. The number of hydrogen-bond donors (Lipinski definition) is 0. The predicted molar refractivity (Wildman–Crippen MR) is 84.2 cm³/mol. The number of carbonyl (C=O) groups excluding carboxylic acids is 1. The molecule has 1 unspecified atom stereocenters. The SMILES string of the molecule is CC1(C)CC(CC(=O)OCc2ccccc2)[n+]2ccccc21. The van der Waals surface area contributed by atoms with Gasteiger partial charge in [0.1, 0.15) is 13.0 Å². The molecule has 3 nitrogen and oxygen atoms in total. The molecular formula is C19H22NO2+. The van der Waals surface area contributed by atoms with E-state index in [0.717, 1.165) is 12.0 Å². The van der Waals surface area contributed by atoms with Crippen molar-refractivity contribution in [3.63, 3.8) is 0 Å². The van der Waals surface area contributed by atoms with E-state index in [4.69, 9.17) is 4.74 Å². The zero-order chi connectivity index (χ0) is 15.6. The van der Waals surface area contributed by atoms with Gasteiger partial charge in [-0.15, -0.1) is 0 Å². The molecule has 0 aliphatic carbocycles. The van der Waals surface area contributed by atoms with Crippen molar-refractivity contribution in [3.8, 4) is 0 Å². The quantitative estimate of drug-likeness (QED) is 0.640. The lowest BCUT2D eigenvalue weighted by Gasteiger charge is -2.11. The molecule has 114 valence electrons. The van der Waals surface area contributed by atoms with Crippen LogP contribution in [0.4, 0.5) is 0 Å². The Bertz CT molecular complexity index is 664. The van der Waals surface area contributed by atoms with Crippen LogP contribution in [0.15, 0.2) is 54.7 Å². The monoisotopic (exact) mass is 296 g/mol. The van der Waals surface area contributed by atoms with Crippen molar-refractivity contribution >= 4 is 5.97 Å². The highest BCUT2D eigenvalue weighted by atomic mass is 16.5. The Hall–Kier alpha value is -2.16. The predicted octanol–water partition coefficient (Wildman–Crippen LogP) is 3.33. The van der Waals surface area contributed by atoms with Gasteiger partial charge in [-0.3, -0.25) is 4.79 Å². The number of rotatable bonds is 4. The Labute approximate surface area is 131 Å². The molecule has 1 aromatic heterocycles. The molecule has 0 bridgehead atoms. The van der Waals surface area contributed by atoms with Crippen LogP contribution in [0.25, 0.3) is 0 Å². The summed E-state index contributed by atoms with van der Waals surface area (Å²) in [5.41, 5.74) is 2.41. The number of esters is 1. The van der Waals surface area contributed by atoms with Gasteiger partial charge in [0, 0.05) is 18.6 Å². The lowest BCUT2D eigenvalue weighted by Crippen LogP contribution is -2.39. The highest BCUT2D eigenvalue weighted by Gasteiger charge is 2.45. The van der Waals surface area contributed by atoms with Crippen molar-refractivity contribution in [2.24, 2.45) is 0 Å². The van der Waals surface area contributed by atoms with Crippen LogP contribution in [0.1, 0.15) is 44.0 Å². The molecule has 2 aromatic rings. The lowest BCUT2D eigenvalue weighted by molar-refractivity contribution is -0.716. The molecule has 0 N–H and O–H groups in total. The summed E-state index contributed by atoms with van der Waals surface area (Å²) >= 11 is 0. The largest absolute Gasteiger partial charge is 0.461 e. The third kappa shape index (κ3) is 3.03. The van der Waals surface area contributed by atoms with E-state index in [-0.39, 0.29) is 17.4 Å². The van der Waals surface area contributed by atoms with Gasteiger partial charge >= 0.3 is 5.97 Å². The average Bonchev–Trinajstić information content (AvgIpc) is 2.78. The maximum Gasteiger partial charge on any atom is 0.312 e. The number of hydrogen-bond acceptors (Lipinski definition) is 2. The standard InChI is InChI=1S/C19H22NO2/c1-19(2)13-16(20-11-7-6-10-17(19)20)12-18(21)22-14-15-8-4-3-5-9-15/h3-11,16H,12-14H2,1-2H3/q+1. The van der Waals surface area contributed by atoms with E-state index in [2.05, 4.69) is 36.7 Å². The number of carbonyl (C=O) groups is 1. The molecule has 22 heavy (non-hydrogen) atoms. The summed E-state index contributed by atoms with van der Waals surface area (Å²) in [4.78, 5) is 12.2. The number of fused-ring (bicyclic) bond motifs is 1. The van der Waals surface area contributed by atoms with Crippen LogP contribution in [-0.4, -0.2) is 5.97 Å². The maximum absolute atomic E-state index is 12.2. The normalized spacial score (nSPS) is 18.7. The summed E-state index contributed by atoms with van der Waals surface area (Å²) in [7, 11) is 0. The number of pyridine rings is 1. The molecule has 0 amide bonds. The van der Waals surface area contributed by atoms with E-state index in [1.54, 1.807) is 0 Å². The van der Waals surface area contributed by atoms with Gasteiger partial charge in [0.05, 0.1) is 5.41 Å². The molecule has 2 heterocycles. The van der Waals surface area contributed by atoms with E-state index < -0.39 is 0 Å². The minimum atomic E-state index is -0.131. The van der Waals surface area contributed by atoms with E-state index >= 15 is 0 Å². The van der Waals surface area contributed by atoms with Crippen LogP contribution in [0.2, 0.25) is 0 Å². The van der Waals surface area contributed by atoms with Gasteiger partial charge in [-0.25, -0.2) is 0 Å². The molecule has 3 heteroatoms. The smallest absolute Gasteiger partial charge is 0.312 e. The molecule has 1 aliphatic rings. The highest BCUT2D eigenvalue weighted by Crippen LogP contribution is 2.36. The molecule has 1 aliphatic heterocycles. The van der Waals surface area contributed by atoms with Crippen LogP contribution in [-0.2, 0) is 21.6 Å². The first-order valence-corrected chi connectivity index (χ1v) is 7.76. The highest BCUT2D eigenvalue weighted by molar-refractivity contribution is 5.69. The van der Waals surface area contributed by atoms with E-state index in [1.807, 2.05) is 36.4 Å². The lowest BCUT2D eigenvalue weighted by atomic mass is 9.86. The number of aromatic nitrogens is 1. The first-order chi connectivity index (χ1) is 10.6. The molecule has 0 spiro atoms. The van der Waals surface area contributed by atoms with Gasteiger partial charge in [-0.05, 0) is 19.4 Å². The Morgan fingerprint density at radius 2 is 1.91 bits per heavy atom. The van der Waals surface area contributed by atoms with Crippen LogP contribution < -0.4 is 4.57 Å². The van der Waals surface area contributed by atoms with Crippen molar-refractivity contribution in [2.45, 2.75) is 44.8 Å². The van der Waals surface area contributed by atoms with Crippen molar-refractivity contribution in [1.29, 1.82) is 0 Å². The van der Waals surface area contributed by atoms with Gasteiger partial charge < -0.3 is 4.74 Å². The molecule has 0 fully saturated rings. The maximum atomic E-state index is 12.2. The van der Waals surface area contributed by atoms with Crippen LogP contribution in [0.3, 0.4) is 0 Å². The molecule has 0 saturated carbocycles. The van der Waals surface area contributed by atoms with Gasteiger partial charge in [0.15, 0.2) is 17.9 Å². The third-order valence-electron chi connectivity index (χ3n) is 4.37. The minimum absolute atomic E-state index is 0.103. The Balaban J connectivity index is 1.63. The molecule has 0 saturated heterocycles. The van der Waals surface area contributed by atoms with E-state index in [9.17, 15) is 4.79 Å². The molecule has 1 atom stereocenters. The molecule has 3 rings (SSSR count). The van der Waals surface area contributed by atoms with E-state index in [1.165, 1.54) is 5.69 Å². The van der Waals surface area contributed by atoms with Crippen LogP contribution >= 0.6 is 0 Å². The number of nitrogens with zero attached hydrogens (tertiary/aromatic N) is 1. The fourth-order valence-electron chi connectivity index (χ4n) is 3.30. The molecule has 0 radical (unpaired) electrons. The first kappa shape index (κ1) is 14.8. The van der Waals surface area contributed by atoms with Crippen molar-refractivity contribution in [3.05, 3.63) is 66.0 Å². The number of benzene rings is 1. The summed E-state index contributed by atoms with van der Waals surface area (Å²) in [5.74, 6) is -0.131. The van der Waals surface area contributed by atoms with Crippen molar-refractivity contribution < 1.29 is 14.1 Å². The van der Waals surface area contributed by atoms with E-state index in [0.29, 0.717) is 13.0 Å². The summed E-state index contributed by atoms with van der Waals surface area (Å²) in [5, 5.41) is 0. The second-order valence-electron chi connectivity index (χ2n) is 6.59. The van der Waals surface area contributed by atoms with Gasteiger partial charge in [0.25, 0.3) is 0 Å². The fraction of sp³-hybridized carbons (Fsp3) is 0.368. The molecular weight excluding hydrogens is 274 g/mol. The third-order valence-corrected chi connectivity index (χ3v) is 4.37. The second kappa shape index (κ2) is 5.91. The topological polar surface area (TPSA) is 30.2 Å². The van der Waals surface area contributed by atoms with Crippen LogP contribution in [0, 0.1) is 0 Å². The van der Waals surface area contributed by atoms with Gasteiger partial charge in [-0.1, -0.05) is 36.4 Å². The summed E-state index contributed by atoms with van der Waals surface area (Å²) < 4.78 is 7.65. The summed E-state index contributed by atoms with van der Waals surface area (Å²) in [6, 6.07) is 16.2. The Morgan fingerprint density at radius 3 is 2.68 bits per heavy atom. The summed E-state index contributed by atoms with van der Waals surface area (Å²) in [6.07, 6.45) is 3.47. The zero-order valence-electron chi connectivity index (χ0n) is 13.2. The number of ether oxygens (including phenoxy) is 1. The van der Waals surface area contributed by atoms with Crippen molar-refractivity contribution in [2.75, 3.05) is 0 Å². The summed E-state index contributed by atoms with van der Waals surface area (Å²) in [6.45, 7) is 4.81. The second-order valence-corrected chi connectivity index (χ2v) is 6.59. The zero-order valence-corrected chi connectivity index (χ0v) is 13.2. The fourth-order valence-corrected chi connectivity index (χ4v) is 3.30. The van der Waals surface area contributed by atoms with Gasteiger partial charge in [-0.2, -0.15) is 4.57 Å². The first-order valence-electron chi connectivity index (χ1n) is 7.76. The Kier molecular flexibility index (Phi) is 3.97. The van der Waals surface area contributed by atoms with Gasteiger partial charge in [0.2, 0.25) is 0 Å². The van der Waals surface area contributed by atoms with Crippen molar-refractivity contribution in [1.82, 2.24) is 0 Å². The molecule has 1 aromatic carbocycles. The van der Waals surface area contributed by atoms with Crippen LogP contribution in [0.5, 0.6) is 0 Å². The minimum Gasteiger partial charge on any atom is -0.461 e.